The van der Waals surface area contributed by atoms with Crippen LogP contribution in [-0.4, -0.2) is 51.4 Å². The molecule has 0 unspecified atom stereocenters. The predicted molar refractivity (Wildman–Crippen MR) is 89.9 cm³/mol. The van der Waals surface area contributed by atoms with E-state index in [0.29, 0.717) is 6.42 Å². The molecule has 0 atom stereocenters. The first kappa shape index (κ1) is 15.7. The number of hydrogen-bond acceptors (Lipinski definition) is 3. The molecule has 23 heavy (non-hydrogen) atoms. The molecule has 5 nitrogen and oxygen atoms in total. The Bertz CT molecular complexity index is 654. The van der Waals surface area contributed by atoms with Crippen LogP contribution in [0.25, 0.3) is 0 Å². The van der Waals surface area contributed by atoms with Crippen LogP contribution in [0.2, 0.25) is 0 Å². The van der Waals surface area contributed by atoms with Gasteiger partial charge in [0.25, 0.3) is 0 Å². The smallest absolute Gasteiger partial charge is 0.227 e. The zero-order chi connectivity index (χ0) is 16.2. The van der Waals surface area contributed by atoms with Crippen molar-refractivity contribution in [1.82, 2.24) is 19.4 Å². The van der Waals surface area contributed by atoms with Crippen LogP contribution in [0.15, 0.2) is 36.7 Å². The second-order valence-corrected chi connectivity index (χ2v) is 6.27. The van der Waals surface area contributed by atoms with E-state index in [1.54, 1.807) is 0 Å². The summed E-state index contributed by atoms with van der Waals surface area (Å²) in [5.74, 6) is 1.30. The van der Waals surface area contributed by atoms with Crippen molar-refractivity contribution in [1.29, 1.82) is 0 Å². The first-order chi connectivity index (χ1) is 11.1. The van der Waals surface area contributed by atoms with E-state index in [1.807, 2.05) is 36.5 Å². The van der Waals surface area contributed by atoms with Crippen LogP contribution < -0.4 is 0 Å². The van der Waals surface area contributed by atoms with Gasteiger partial charge in [0.1, 0.15) is 5.82 Å². The highest BCUT2D eigenvalue weighted by atomic mass is 16.2. The van der Waals surface area contributed by atoms with Crippen molar-refractivity contribution in [3.63, 3.8) is 0 Å². The second-order valence-electron chi connectivity index (χ2n) is 6.27. The summed E-state index contributed by atoms with van der Waals surface area (Å²) in [6.07, 6.45) is 4.30. The van der Waals surface area contributed by atoms with E-state index < -0.39 is 0 Å². The molecule has 0 N–H and O–H groups in total. The molecule has 3 rings (SSSR count). The average Bonchev–Trinajstić information content (AvgIpc) is 2.95. The summed E-state index contributed by atoms with van der Waals surface area (Å²) >= 11 is 0. The van der Waals surface area contributed by atoms with Gasteiger partial charge in [-0.05, 0) is 12.5 Å². The van der Waals surface area contributed by atoms with Crippen molar-refractivity contribution < 1.29 is 4.79 Å². The molecule has 0 saturated carbocycles. The highest BCUT2D eigenvalue weighted by molar-refractivity contribution is 5.78. The van der Waals surface area contributed by atoms with Gasteiger partial charge in [0.05, 0.1) is 13.0 Å². The molecule has 2 heterocycles. The third kappa shape index (κ3) is 3.99. The Kier molecular flexibility index (Phi) is 4.76. The zero-order valence-electron chi connectivity index (χ0n) is 13.9. The quantitative estimate of drug-likeness (QED) is 0.861. The normalized spacial score (nSPS) is 15.8. The lowest BCUT2D eigenvalue weighted by Gasteiger charge is -2.34. The lowest BCUT2D eigenvalue weighted by atomic mass is 10.1. The number of carbonyl (C=O) groups is 1. The molecule has 1 aliphatic heterocycles. The van der Waals surface area contributed by atoms with Crippen LogP contribution in [0.3, 0.4) is 0 Å². The van der Waals surface area contributed by atoms with Crippen molar-refractivity contribution in [3.05, 3.63) is 53.6 Å². The number of piperazine rings is 1. The first-order valence-corrected chi connectivity index (χ1v) is 8.14. The summed E-state index contributed by atoms with van der Waals surface area (Å²) in [5, 5.41) is 0. The van der Waals surface area contributed by atoms with Gasteiger partial charge in [0, 0.05) is 45.6 Å². The van der Waals surface area contributed by atoms with E-state index in [9.17, 15) is 4.79 Å². The zero-order valence-corrected chi connectivity index (χ0v) is 13.9. The van der Waals surface area contributed by atoms with Gasteiger partial charge in [-0.2, -0.15) is 0 Å². The number of carbonyl (C=O) groups excluding carboxylic acids is 1. The fraction of sp³-hybridized carbons (Fsp3) is 0.444. The van der Waals surface area contributed by atoms with E-state index in [2.05, 4.69) is 33.5 Å². The summed E-state index contributed by atoms with van der Waals surface area (Å²) in [5.41, 5.74) is 2.32. The van der Waals surface area contributed by atoms with E-state index in [4.69, 9.17) is 0 Å². The van der Waals surface area contributed by atoms with Crippen LogP contribution in [0.5, 0.6) is 0 Å². The molecule has 2 aromatic rings. The molecule has 1 saturated heterocycles. The molecule has 1 aromatic heterocycles. The minimum absolute atomic E-state index is 0.227. The number of nitrogens with zero attached hydrogens (tertiary/aromatic N) is 4. The molecule has 5 heteroatoms. The van der Waals surface area contributed by atoms with Gasteiger partial charge in [0.15, 0.2) is 0 Å². The van der Waals surface area contributed by atoms with Crippen molar-refractivity contribution >= 4 is 5.91 Å². The molecule has 1 fully saturated rings. The predicted octanol–water partition coefficient (Wildman–Crippen LogP) is 1.62. The topological polar surface area (TPSA) is 41.4 Å². The van der Waals surface area contributed by atoms with Crippen LogP contribution in [-0.2, 0) is 24.8 Å². The summed E-state index contributed by atoms with van der Waals surface area (Å²) < 4.78 is 2.05. The van der Waals surface area contributed by atoms with Gasteiger partial charge in [-0.3, -0.25) is 9.69 Å². The number of aromatic nitrogens is 2. The lowest BCUT2D eigenvalue weighted by Crippen LogP contribution is -2.48. The molecular weight excluding hydrogens is 288 g/mol. The molecule has 1 amide bonds. The number of aryl methyl sites for hydroxylation is 2. The molecule has 0 aliphatic carbocycles. The van der Waals surface area contributed by atoms with Gasteiger partial charge >= 0.3 is 0 Å². The molecule has 0 spiro atoms. The summed E-state index contributed by atoms with van der Waals surface area (Å²) in [6.45, 7) is 6.33. The minimum atomic E-state index is 0.227. The van der Waals surface area contributed by atoms with Gasteiger partial charge < -0.3 is 9.47 Å². The van der Waals surface area contributed by atoms with Crippen molar-refractivity contribution in [2.75, 3.05) is 26.2 Å². The molecule has 0 radical (unpaired) electrons. The highest BCUT2D eigenvalue weighted by Gasteiger charge is 2.21. The Hall–Kier alpha value is -2.14. The Balaban J connectivity index is 1.49. The largest absolute Gasteiger partial charge is 0.340 e. The molecule has 1 aromatic carbocycles. The van der Waals surface area contributed by atoms with Gasteiger partial charge in [-0.15, -0.1) is 0 Å². The maximum atomic E-state index is 12.4. The highest BCUT2D eigenvalue weighted by Crippen LogP contribution is 2.10. The Morgan fingerprint density at radius 2 is 1.83 bits per heavy atom. The first-order valence-electron chi connectivity index (χ1n) is 8.14. The van der Waals surface area contributed by atoms with E-state index in [-0.39, 0.29) is 5.91 Å². The number of hydrogen-bond donors (Lipinski definition) is 0. The number of rotatable bonds is 4. The third-order valence-corrected chi connectivity index (χ3v) is 4.49. The van der Waals surface area contributed by atoms with Crippen LogP contribution in [0, 0.1) is 6.92 Å². The Morgan fingerprint density at radius 3 is 2.43 bits per heavy atom. The minimum Gasteiger partial charge on any atom is -0.340 e. The lowest BCUT2D eigenvalue weighted by molar-refractivity contribution is -0.132. The number of imidazole rings is 1. The van der Waals surface area contributed by atoms with Gasteiger partial charge in [-0.1, -0.05) is 29.8 Å². The third-order valence-electron chi connectivity index (χ3n) is 4.49. The van der Waals surface area contributed by atoms with E-state index >= 15 is 0 Å². The fourth-order valence-corrected chi connectivity index (χ4v) is 2.90. The second kappa shape index (κ2) is 6.96. The molecular formula is C18H24N4O. The van der Waals surface area contributed by atoms with Crippen molar-refractivity contribution in [2.45, 2.75) is 19.9 Å². The Morgan fingerprint density at radius 1 is 1.13 bits per heavy atom. The van der Waals surface area contributed by atoms with E-state index in [1.165, 1.54) is 5.56 Å². The molecule has 0 bridgehead atoms. The standard InChI is InChI=1S/C18H24N4O/c1-15-3-5-16(6-4-15)13-18(23)22-11-9-21(10-12-22)14-17-19-7-8-20(17)2/h3-8H,9-14H2,1-2H3. The number of amides is 1. The van der Waals surface area contributed by atoms with Crippen LogP contribution in [0.1, 0.15) is 17.0 Å². The van der Waals surface area contributed by atoms with Gasteiger partial charge in [-0.25, -0.2) is 4.98 Å². The average molecular weight is 312 g/mol. The molecule has 122 valence electrons. The summed E-state index contributed by atoms with van der Waals surface area (Å²) in [4.78, 5) is 21.1. The van der Waals surface area contributed by atoms with Gasteiger partial charge in [0.2, 0.25) is 5.91 Å². The van der Waals surface area contributed by atoms with Crippen LogP contribution >= 0.6 is 0 Å². The van der Waals surface area contributed by atoms with Crippen molar-refractivity contribution in [2.24, 2.45) is 7.05 Å². The summed E-state index contributed by atoms with van der Waals surface area (Å²) in [7, 11) is 2.02. The van der Waals surface area contributed by atoms with Crippen molar-refractivity contribution in [3.8, 4) is 0 Å². The Labute approximate surface area is 137 Å². The monoisotopic (exact) mass is 312 g/mol. The number of benzene rings is 1. The SMILES string of the molecule is Cc1ccc(CC(=O)N2CCN(Cc3nccn3C)CC2)cc1. The summed E-state index contributed by atoms with van der Waals surface area (Å²) in [6, 6.07) is 8.22. The van der Waals surface area contributed by atoms with Crippen LogP contribution in [0.4, 0.5) is 0 Å². The molecule has 1 aliphatic rings. The van der Waals surface area contributed by atoms with E-state index in [0.717, 1.165) is 44.1 Å². The maximum absolute atomic E-state index is 12.4. The maximum Gasteiger partial charge on any atom is 0.227 e. The fourth-order valence-electron chi connectivity index (χ4n) is 2.90.